The smallest absolute Gasteiger partial charge is 0.269 e. The van der Waals surface area contributed by atoms with E-state index < -0.39 is 5.91 Å². The molecule has 4 N–H and O–H groups in total. The first-order chi connectivity index (χ1) is 12.7. The van der Waals surface area contributed by atoms with Crippen molar-refractivity contribution >= 4 is 22.6 Å². The SMILES string of the molecule is NC(=O)c1nnc2[nH]cc3c2c1-c1ccccc1NC3C1CCCCC1. The number of nitrogens with two attached hydrogens (primary N) is 1. The maximum absolute atomic E-state index is 12.1. The van der Waals surface area contributed by atoms with Crippen molar-refractivity contribution in [1.29, 1.82) is 0 Å². The van der Waals surface area contributed by atoms with Crippen LogP contribution in [0.25, 0.3) is 22.2 Å². The van der Waals surface area contributed by atoms with Crippen molar-refractivity contribution in [3.63, 3.8) is 0 Å². The number of H-pyrrole nitrogens is 1. The first-order valence-electron chi connectivity index (χ1n) is 9.27. The van der Waals surface area contributed by atoms with Gasteiger partial charge in [-0.25, -0.2) is 0 Å². The molecule has 1 atom stereocenters. The van der Waals surface area contributed by atoms with Gasteiger partial charge in [-0.2, -0.15) is 0 Å². The third kappa shape index (κ3) is 2.21. The van der Waals surface area contributed by atoms with Gasteiger partial charge in [0.1, 0.15) is 0 Å². The Hall–Kier alpha value is -2.89. The molecule has 132 valence electrons. The second kappa shape index (κ2) is 5.83. The highest BCUT2D eigenvalue weighted by Crippen LogP contribution is 2.46. The van der Waals surface area contributed by atoms with Gasteiger partial charge in [0.2, 0.25) is 0 Å². The maximum Gasteiger partial charge on any atom is 0.269 e. The summed E-state index contributed by atoms with van der Waals surface area (Å²) in [7, 11) is 0. The third-order valence-corrected chi connectivity index (χ3v) is 5.82. The predicted molar refractivity (Wildman–Crippen MR) is 101 cm³/mol. The lowest BCUT2D eigenvalue weighted by atomic mass is 9.81. The lowest BCUT2D eigenvalue weighted by Gasteiger charge is -2.31. The number of aromatic nitrogens is 3. The van der Waals surface area contributed by atoms with Gasteiger partial charge in [0.25, 0.3) is 5.91 Å². The number of nitrogens with zero attached hydrogens (tertiary/aromatic N) is 2. The van der Waals surface area contributed by atoms with Gasteiger partial charge in [-0.3, -0.25) is 4.79 Å². The van der Waals surface area contributed by atoms with E-state index in [1.807, 2.05) is 24.4 Å². The van der Waals surface area contributed by atoms with Crippen molar-refractivity contribution in [1.82, 2.24) is 15.2 Å². The number of primary amides is 1. The van der Waals surface area contributed by atoms with Crippen molar-refractivity contribution < 1.29 is 4.79 Å². The first-order valence-corrected chi connectivity index (χ1v) is 9.27. The van der Waals surface area contributed by atoms with Gasteiger partial charge in [-0.15, -0.1) is 10.2 Å². The number of anilines is 1. The number of aromatic amines is 1. The second-order valence-electron chi connectivity index (χ2n) is 7.32. The molecule has 5 rings (SSSR count). The standard InChI is InChI=1S/C20H21N5O/c21-19(26)18-15-12-8-4-5-9-14(12)23-17(11-6-2-1-3-7-11)13-10-22-20(16(13)15)25-24-18/h4-5,8-11,17,23H,1-3,6-7H2,(H2,21,26)(H,22,25). The second-order valence-corrected chi connectivity index (χ2v) is 7.32. The number of fused-ring (bicyclic) bond motifs is 2. The molecule has 3 heterocycles. The highest BCUT2D eigenvalue weighted by Gasteiger charge is 2.33. The highest BCUT2D eigenvalue weighted by molar-refractivity contribution is 6.09. The molecule has 6 nitrogen and oxygen atoms in total. The van der Waals surface area contributed by atoms with E-state index >= 15 is 0 Å². The number of carbonyl (C=O) groups is 1. The molecule has 0 bridgehead atoms. The summed E-state index contributed by atoms with van der Waals surface area (Å²) < 4.78 is 0. The number of para-hydroxylation sites is 1. The Kier molecular flexibility index (Phi) is 3.45. The average molecular weight is 347 g/mol. The van der Waals surface area contributed by atoms with Crippen LogP contribution in [-0.4, -0.2) is 21.1 Å². The van der Waals surface area contributed by atoms with Crippen molar-refractivity contribution in [2.45, 2.75) is 38.1 Å². The Balaban J connectivity index is 1.82. The molecule has 1 aromatic carbocycles. The molecule has 1 saturated carbocycles. The molecule has 0 saturated heterocycles. The van der Waals surface area contributed by atoms with Gasteiger partial charge in [-0.05, 0) is 24.8 Å². The summed E-state index contributed by atoms with van der Waals surface area (Å²) in [5, 5.41) is 13.1. The molecule has 2 aliphatic rings. The molecule has 3 aromatic rings. The molecule has 0 spiro atoms. The number of amides is 1. The van der Waals surface area contributed by atoms with Crippen molar-refractivity contribution in [3.05, 3.63) is 41.7 Å². The number of hydrogen-bond donors (Lipinski definition) is 3. The molecule has 6 heteroatoms. The number of carbonyl (C=O) groups excluding carboxylic acids is 1. The minimum atomic E-state index is -0.549. The van der Waals surface area contributed by atoms with Gasteiger partial charge in [0.15, 0.2) is 11.3 Å². The van der Waals surface area contributed by atoms with Gasteiger partial charge >= 0.3 is 0 Å². The van der Waals surface area contributed by atoms with E-state index in [0.717, 1.165) is 27.8 Å². The maximum atomic E-state index is 12.1. The van der Waals surface area contributed by atoms with Crippen LogP contribution in [0.15, 0.2) is 30.5 Å². The summed E-state index contributed by atoms with van der Waals surface area (Å²) >= 11 is 0. The number of hydrogen-bond acceptors (Lipinski definition) is 4. The molecular formula is C20H21N5O. The fourth-order valence-electron chi connectivity index (χ4n) is 4.63. The first kappa shape index (κ1) is 15.4. The molecule has 26 heavy (non-hydrogen) atoms. The van der Waals surface area contributed by atoms with Gasteiger partial charge in [-0.1, -0.05) is 37.5 Å². The fourth-order valence-corrected chi connectivity index (χ4v) is 4.63. The largest absolute Gasteiger partial charge is 0.377 e. The van der Waals surface area contributed by atoms with Crippen molar-refractivity contribution in [3.8, 4) is 11.1 Å². The molecule has 2 aromatic heterocycles. The fraction of sp³-hybridized carbons (Fsp3) is 0.350. The van der Waals surface area contributed by atoms with E-state index in [9.17, 15) is 4.79 Å². The van der Waals surface area contributed by atoms with E-state index in [1.165, 1.54) is 32.1 Å². The Morgan fingerprint density at radius 3 is 2.73 bits per heavy atom. The zero-order chi connectivity index (χ0) is 17.7. The van der Waals surface area contributed by atoms with Crippen molar-refractivity contribution in [2.24, 2.45) is 11.7 Å². The Morgan fingerprint density at radius 2 is 1.92 bits per heavy atom. The predicted octanol–water partition coefficient (Wildman–Crippen LogP) is 3.77. The zero-order valence-corrected chi connectivity index (χ0v) is 14.5. The zero-order valence-electron chi connectivity index (χ0n) is 14.5. The van der Waals surface area contributed by atoms with Gasteiger partial charge in [0, 0.05) is 34.0 Å². The summed E-state index contributed by atoms with van der Waals surface area (Å²) in [6, 6.07) is 8.27. The number of rotatable bonds is 2. The Bertz CT molecular complexity index is 1000. The third-order valence-electron chi connectivity index (χ3n) is 5.82. The molecular weight excluding hydrogens is 326 g/mol. The summed E-state index contributed by atoms with van der Waals surface area (Å²) in [5.41, 5.74) is 10.5. The summed E-state index contributed by atoms with van der Waals surface area (Å²) in [6.07, 6.45) is 8.30. The average Bonchev–Trinajstić information content (AvgIpc) is 3.03. The van der Waals surface area contributed by atoms with Crippen LogP contribution in [-0.2, 0) is 0 Å². The molecule has 1 fully saturated rings. The Morgan fingerprint density at radius 1 is 1.12 bits per heavy atom. The van der Waals surface area contributed by atoms with Crippen LogP contribution in [0.3, 0.4) is 0 Å². The molecule has 1 aliphatic carbocycles. The van der Waals surface area contributed by atoms with Crippen molar-refractivity contribution in [2.75, 3.05) is 5.32 Å². The number of benzene rings is 1. The van der Waals surface area contributed by atoms with Crippen LogP contribution in [0.1, 0.15) is 54.2 Å². The normalized spacial score (nSPS) is 19.6. The van der Waals surface area contributed by atoms with Crippen LogP contribution in [0, 0.1) is 5.92 Å². The van der Waals surface area contributed by atoms with Gasteiger partial charge < -0.3 is 16.0 Å². The minimum absolute atomic E-state index is 0.191. The van der Waals surface area contributed by atoms with Crippen LogP contribution in [0.4, 0.5) is 5.69 Å². The van der Waals surface area contributed by atoms with E-state index in [-0.39, 0.29) is 11.7 Å². The summed E-state index contributed by atoms with van der Waals surface area (Å²) in [5.74, 6) is 0.0134. The Labute approximate surface area is 151 Å². The molecule has 1 aliphatic heterocycles. The van der Waals surface area contributed by atoms with E-state index in [1.54, 1.807) is 0 Å². The van der Waals surface area contributed by atoms with Crippen LogP contribution in [0.2, 0.25) is 0 Å². The topological polar surface area (TPSA) is 96.7 Å². The summed E-state index contributed by atoms with van der Waals surface area (Å²) in [4.78, 5) is 15.3. The van der Waals surface area contributed by atoms with E-state index in [2.05, 4.69) is 26.6 Å². The lowest BCUT2D eigenvalue weighted by molar-refractivity contribution is 0.0995. The summed E-state index contributed by atoms with van der Waals surface area (Å²) in [6.45, 7) is 0. The minimum Gasteiger partial charge on any atom is -0.377 e. The van der Waals surface area contributed by atoms with Crippen LogP contribution < -0.4 is 11.1 Å². The molecule has 0 radical (unpaired) electrons. The highest BCUT2D eigenvalue weighted by atomic mass is 16.1. The van der Waals surface area contributed by atoms with E-state index in [4.69, 9.17) is 5.73 Å². The molecule has 1 unspecified atom stereocenters. The quantitative estimate of drug-likeness (QED) is 0.657. The van der Waals surface area contributed by atoms with Gasteiger partial charge in [0.05, 0.1) is 6.04 Å². The molecule has 1 amide bonds. The monoisotopic (exact) mass is 347 g/mol. The van der Waals surface area contributed by atoms with Crippen LogP contribution in [0.5, 0.6) is 0 Å². The number of nitrogens with one attached hydrogen (secondary N) is 2. The van der Waals surface area contributed by atoms with E-state index in [0.29, 0.717) is 11.6 Å². The van der Waals surface area contributed by atoms with Crippen LogP contribution >= 0.6 is 0 Å². The lowest BCUT2D eigenvalue weighted by Crippen LogP contribution is -2.22.